The van der Waals surface area contributed by atoms with Crippen molar-refractivity contribution < 1.29 is 0 Å². The van der Waals surface area contributed by atoms with Crippen molar-refractivity contribution in [2.75, 3.05) is 0 Å². The van der Waals surface area contributed by atoms with Crippen LogP contribution in [0.1, 0.15) is 0 Å². The van der Waals surface area contributed by atoms with Crippen molar-refractivity contribution in [1.29, 1.82) is 0 Å². The van der Waals surface area contributed by atoms with Crippen LogP contribution in [0.15, 0.2) is 255 Å². The molecular weight excluding hydrogens is 777 g/mol. The van der Waals surface area contributed by atoms with Gasteiger partial charge in [0.1, 0.15) is 0 Å². The standard InChI is InChI=1S/C60H42N2Si/c1-6-20-43(21-7-1)45-24-18-25-47(40-45)61-57-39-36-46(44-22-8-2-9-23-44)41-55(57)53-38-37-48(42-58(53)61)62-56-34-17-16-32-52(56)54-33-19-35-59(60(54)62)63(49-26-10-3-11-27-49,50-28-12-4-13-29-50)51-30-14-5-15-31-51/h1-42H. The van der Waals surface area contributed by atoms with Gasteiger partial charge in [-0.3, -0.25) is 0 Å². The third-order valence-electron chi connectivity index (χ3n) is 13.0. The minimum absolute atomic E-state index is 1.13. The molecule has 0 spiro atoms. The van der Waals surface area contributed by atoms with Crippen LogP contribution in [-0.2, 0) is 0 Å². The molecular formula is C60H42N2Si. The molecule has 0 fully saturated rings. The van der Waals surface area contributed by atoms with E-state index in [1.165, 1.54) is 86.6 Å². The van der Waals surface area contributed by atoms with Crippen LogP contribution in [0.3, 0.4) is 0 Å². The third-order valence-corrected chi connectivity index (χ3v) is 17.9. The zero-order chi connectivity index (χ0) is 41.7. The Labute approximate surface area is 368 Å². The Balaban J connectivity index is 1.19. The molecule has 12 rings (SSSR count). The summed E-state index contributed by atoms with van der Waals surface area (Å²) in [6, 6.07) is 94.3. The van der Waals surface area contributed by atoms with Gasteiger partial charge in [0.15, 0.2) is 8.07 Å². The van der Waals surface area contributed by atoms with Gasteiger partial charge in [0.25, 0.3) is 0 Å². The highest BCUT2D eigenvalue weighted by Gasteiger charge is 2.43. The molecule has 0 aliphatic rings. The summed E-state index contributed by atoms with van der Waals surface area (Å²) in [6.07, 6.45) is 0. The van der Waals surface area contributed by atoms with Crippen molar-refractivity contribution in [3.63, 3.8) is 0 Å². The first-order valence-corrected chi connectivity index (χ1v) is 23.8. The Morgan fingerprint density at radius 1 is 0.254 bits per heavy atom. The molecule has 10 aromatic carbocycles. The third kappa shape index (κ3) is 5.93. The fourth-order valence-corrected chi connectivity index (χ4v) is 15.3. The number of aromatic nitrogens is 2. The first kappa shape index (κ1) is 36.8. The van der Waals surface area contributed by atoms with Crippen molar-refractivity contribution in [2.45, 2.75) is 0 Å². The molecule has 0 aliphatic heterocycles. The van der Waals surface area contributed by atoms with Gasteiger partial charge >= 0.3 is 0 Å². The fraction of sp³-hybridized carbons (Fsp3) is 0. The lowest BCUT2D eigenvalue weighted by Gasteiger charge is -2.35. The molecule has 0 atom stereocenters. The number of fused-ring (bicyclic) bond motifs is 6. The van der Waals surface area contributed by atoms with E-state index in [-0.39, 0.29) is 0 Å². The monoisotopic (exact) mass is 818 g/mol. The maximum atomic E-state index is 2.56. The van der Waals surface area contributed by atoms with E-state index in [0.29, 0.717) is 0 Å². The van der Waals surface area contributed by atoms with Crippen LogP contribution in [0.25, 0.3) is 77.2 Å². The van der Waals surface area contributed by atoms with Gasteiger partial charge in [-0.25, -0.2) is 0 Å². The molecule has 3 heteroatoms. The second kappa shape index (κ2) is 15.2. The summed E-state index contributed by atoms with van der Waals surface area (Å²) >= 11 is 0. The predicted molar refractivity (Wildman–Crippen MR) is 270 cm³/mol. The molecule has 0 N–H and O–H groups in total. The van der Waals surface area contributed by atoms with Crippen molar-refractivity contribution in [2.24, 2.45) is 0 Å². The molecule has 0 amide bonds. The first-order valence-electron chi connectivity index (χ1n) is 21.8. The molecule has 0 radical (unpaired) electrons. The van der Waals surface area contributed by atoms with Crippen LogP contribution in [0, 0.1) is 0 Å². The van der Waals surface area contributed by atoms with Gasteiger partial charge in [-0.2, -0.15) is 0 Å². The van der Waals surface area contributed by atoms with E-state index in [1.54, 1.807) is 0 Å². The van der Waals surface area contributed by atoms with Gasteiger partial charge in [0, 0.05) is 32.9 Å². The molecule has 2 nitrogen and oxygen atoms in total. The first-order chi connectivity index (χ1) is 31.3. The van der Waals surface area contributed by atoms with E-state index in [2.05, 4.69) is 264 Å². The van der Waals surface area contributed by atoms with Crippen LogP contribution in [0.2, 0.25) is 0 Å². The highest BCUT2D eigenvalue weighted by molar-refractivity contribution is 7.20. The molecule has 63 heavy (non-hydrogen) atoms. The summed E-state index contributed by atoms with van der Waals surface area (Å²) in [6.45, 7) is 0. The van der Waals surface area contributed by atoms with E-state index in [1.807, 2.05) is 0 Å². The molecule has 12 aromatic rings. The summed E-state index contributed by atoms with van der Waals surface area (Å²) in [5.74, 6) is 0. The predicted octanol–water partition coefficient (Wildman–Crippen LogP) is 12.6. The number of nitrogens with zero attached hydrogens (tertiary/aromatic N) is 2. The average Bonchev–Trinajstić information content (AvgIpc) is 3.88. The van der Waals surface area contributed by atoms with E-state index < -0.39 is 8.07 Å². The van der Waals surface area contributed by atoms with Gasteiger partial charge < -0.3 is 9.13 Å². The van der Waals surface area contributed by atoms with Crippen molar-refractivity contribution in [3.8, 4) is 33.6 Å². The molecule has 2 aromatic heterocycles. The quantitative estimate of drug-likeness (QED) is 0.107. The maximum Gasteiger partial charge on any atom is 0.181 e. The summed E-state index contributed by atoms with van der Waals surface area (Å²) in [5.41, 5.74) is 11.9. The average molecular weight is 819 g/mol. The minimum atomic E-state index is -2.94. The van der Waals surface area contributed by atoms with E-state index >= 15 is 0 Å². The Hall–Kier alpha value is -7.98. The zero-order valence-electron chi connectivity index (χ0n) is 34.6. The van der Waals surface area contributed by atoms with Crippen LogP contribution in [0.5, 0.6) is 0 Å². The van der Waals surface area contributed by atoms with Gasteiger partial charge in [-0.05, 0) is 85.5 Å². The molecule has 0 bridgehead atoms. The lowest BCUT2D eigenvalue weighted by Crippen LogP contribution is -2.75. The topological polar surface area (TPSA) is 9.86 Å². The van der Waals surface area contributed by atoms with E-state index in [9.17, 15) is 0 Å². The Bertz CT molecular complexity index is 3500. The maximum absolute atomic E-state index is 2.94. The Morgan fingerprint density at radius 2 is 0.730 bits per heavy atom. The highest BCUT2D eigenvalue weighted by Crippen LogP contribution is 2.39. The summed E-state index contributed by atoms with van der Waals surface area (Å²) in [5, 5.41) is 10.4. The summed E-state index contributed by atoms with van der Waals surface area (Å²) in [7, 11) is -2.94. The van der Waals surface area contributed by atoms with Crippen LogP contribution >= 0.6 is 0 Å². The highest BCUT2D eigenvalue weighted by atomic mass is 28.3. The molecule has 0 saturated heterocycles. The normalized spacial score (nSPS) is 11.8. The summed E-state index contributed by atoms with van der Waals surface area (Å²) in [4.78, 5) is 0. The van der Waals surface area contributed by atoms with Crippen LogP contribution in [0.4, 0.5) is 0 Å². The largest absolute Gasteiger partial charge is 0.309 e. The van der Waals surface area contributed by atoms with Gasteiger partial charge in [0.05, 0.1) is 22.1 Å². The zero-order valence-corrected chi connectivity index (χ0v) is 35.6. The molecule has 0 aliphatic carbocycles. The Kier molecular flexibility index (Phi) is 8.87. The number of benzene rings is 10. The van der Waals surface area contributed by atoms with E-state index in [4.69, 9.17) is 0 Å². The lowest BCUT2D eigenvalue weighted by molar-refractivity contribution is 1.16. The van der Waals surface area contributed by atoms with Crippen molar-refractivity contribution >= 4 is 72.4 Å². The van der Waals surface area contributed by atoms with Crippen LogP contribution in [-0.4, -0.2) is 17.2 Å². The molecule has 0 saturated carbocycles. The molecule has 2 heterocycles. The second-order valence-corrected chi connectivity index (χ2v) is 20.2. The Morgan fingerprint density at radius 3 is 1.37 bits per heavy atom. The smallest absolute Gasteiger partial charge is 0.181 e. The second-order valence-electron chi connectivity index (χ2n) is 16.5. The number of hydrogen-bond acceptors (Lipinski definition) is 0. The summed E-state index contributed by atoms with van der Waals surface area (Å²) < 4.78 is 5.04. The van der Waals surface area contributed by atoms with Gasteiger partial charge in [-0.1, -0.05) is 212 Å². The van der Waals surface area contributed by atoms with Crippen LogP contribution < -0.4 is 20.7 Å². The molecule has 296 valence electrons. The number of para-hydroxylation sites is 2. The molecule has 0 unspecified atom stereocenters. The SMILES string of the molecule is c1ccc(-c2cccc(-n3c4ccc(-c5ccccc5)cc4c4ccc(-n5c6ccccc6c6cccc([Si](c7ccccc7)(c7ccccc7)c7ccccc7)c65)cc43)c2)cc1. The van der Waals surface area contributed by atoms with Crippen molar-refractivity contribution in [1.82, 2.24) is 9.13 Å². The number of rotatable bonds is 8. The fourth-order valence-electron chi connectivity index (χ4n) is 10.3. The van der Waals surface area contributed by atoms with E-state index in [0.717, 1.165) is 11.4 Å². The van der Waals surface area contributed by atoms with Gasteiger partial charge in [0.2, 0.25) is 0 Å². The van der Waals surface area contributed by atoms with Crippen molar-refractivity contribution in [3.05, 3.63) is 255 Å². The number of hydrogen-bond donors (Lipinski definition) is 0. The van der Waals surface area contributed by atoms with Gasteiger partial charge in [-0.15, -0.1) is 0 Å². The lowest BCUT2D eigenvalue weighted by atomic mass is 10.0. The minimum Gasteiger partial charge on any atom is -0.309 e.